The van der Waals surface area contributed by atoms with E-state index in [0.29, 0.717) is 0 Å². The second-order valence-corrected chi connectivity index (χ2v) is 44.5. The Balaban J connectivity index is 1.48. The molecule has 0 saturated carbocycles. The van der Waals surface area contributed by atoms with E-state index in [1.807, 2.05) is 0 Å². The summed E-state index contributed by atoms with van der Waals surface area (Å²) in [6, 6.07) is 63.3. The lowest BCUT2D eigenvalue weighted by atomic mass is 10.0. The van der Waals surface area contributed by atoms with E-state index in [2.05, 4.69) is 329 Å². The first-order chi connectivity index (χ1) is 31.0. The molecule has 0 N–H and O–H groups in total. The van der Waals surface area contributed by atoms with Crippen molar-refractivity contribution in [1.29, 1.82) is 0 Å². The molecule has 0 bridgehead atoms. The molecule has 6 rings (SSSR count). The van der Waals surface area contributed by atoms with Gasteiger partial charge in [0.2, 0.25) is 0 Å². The van der Waals surface area contributed by atoms with E-state index in [1.165, 1.54) is 42.2 Å². The largest absolute Gasteiger partial charge is 0.435 e. The third-order valence-electron chi connectivity index (χ3n) is 12.0. The fourth-order valence-electron chi connectivity index (χ4n) is 8.70. The number of benzene rings is 6. The van der Waals surface area contributed by atoms with E-state index in [0.717, 1.165) is 77.0 Å². The van der Waals surface area contributed by atoms with Crippen molar-refractivity contribution in [2.24, 2.45) is 0 Å². The van der Waals surface area contributed by atoms with Crippen LogP contribution in [0.1, 0.15) is 75.3 Å². The van der Waals surface area contributed by atoms with Crippen LogP contribution in [0.2, 0.25) is 0 Å². The molecule has 13 heteroatoms. The average molecular weight is 1550 g/mol. The summed E-state index contributed by atoms with van der Waals surface area (Å²) in [5.41, 5.74) is 2.74. The number of rotatable bonds is 22. The van der Waals surface area contributed by atoms with Crippen LogP contribution in [0.5, 0.6) is 0 Å². The van der Waals surface area contributed by atoms with E-state index in [1.54, 1.807) is 0 Å². The number of unbranched alkanes of at least 4 members (excludes halogenated alkanes) is 6. The van der Waals surface area contributed by atoms with Crippen molar-refractivity contribution in [3.8, 4) is 0 Å². The Morgan fingerprint density at radius 1 is 0.308 bits per heavy atom. The fourth-order valence-corrected chi connectivity index (χ4v) is 22.2. The van der Waals surface area contributed by atoms with Crippen LogP contribution in [0.3, 0.4) is 0 Å². The molecular formula is C52H52Br10OSi2. The van der Waals surface area contributed by atoms with E-state index in [-0.39, 0.29) is 6.47 Å². The maximum atomic E-state index is 8.88. The molecule has 0 atom stereocenters. The summed E-state index contributed by atoms with van der Waals surface area (Å²) in [4.78, 5) is 0. The van der Waals surface area contributed by atoms with Gasteiger partial charge in [0.05, 0.1) is 0 Å². The van der Waals surface area contributed by atoms with Crippen LogP contribution in [-0.4, -0.2) is 27.4 Å². The zero-order chi connectivity index (χ0) is 46.6. The maximum absolute atomic E-state index is 8.88. The monoisotopic (exact) mass is 1540 g/mol. The minimum atomic E-state index is -3.37. The van der Waals surface area contributed by atoms with Crippen molar-refractivity contribution >= 4 is 207 Å². The highest BCUT2D eigenvalue weighted by Gasteiger charge is 2.54. The minimum absolute atomic E-state index is 0.310. The highest BCUT2D eigenvalue weighted by molar-refractivity contribution is 9.42. The molecule has 0 aliphatic heterocycles. The van der Waals surface area contributed by atoms with Crippen molar-refractivity contribution in [3.05, 3.63) is 181 Å². The Kier molecular flexibility index (Phi) is 21.3. The molecule has 0 heterocycles. The molecule has 344 valence electrons. The van der Waals surface area contributed by atoms with Gasteiger partial charge in [0.1, 0.15) is 6.47 Å². The summed E-state index contributed by atoms with van der Waals surface area (Å²) in [5.74, 6) is 0. The lowest BCUT2D eigenvalue weighted by Gasteiger charge is -2.45. The number of hydrogen-bond donors (Lipinski definition) is 0. The third kappa shape index (κ3) is 13.9. The average Bonchev–Trinajstić information content (AvgIpc) is 3.30. The smallest absolute Gasteiger partial charge is 0.279 e. The summed E-state index contributed by atoms with van der Waals surface area (Å²) in [6.45, 7) is 0. The van der Waals surface area contributed by atoms with Crippen LogP contribution in [0, 0.1) is 0 Å². The summed E-state index contributed by atoms with van der Waals surface area (Å²) in [6.07, 6.45) is 12.7. The van der Waals surface area contributed by atoms with Crippen molar-refractivity contribution in [2.45, 2.75) is 87.8 Å². The first-order valence-corrected chi connectivity index (χ1v) is 33.8. The Morgan fingerprint density at radius 3 is 0.862 bits per heavy atom. The van der Waals surface area contributed by atoms with Gasteiger partial charge in [-0.2, -0.15) is 0 Å². The molecule has 1 nitrogen and oxygen atoms in total. The first-order valence-electron chi connectivity index (χ1n) is 22.0. The second kappa shape index (κ2) is 25.3. The van der Waals surface area contributed by atoms with Gasteiger partial charge in [0.15, 0.2) is 4.29 Å². The molecule has 0 aliphatic carbocycles. The molecule has 65 heavy (non-hydrogen) atoms. The van der Waals surface area contributed by atoms with Crippen molar-refractivity contribution in [2.75, 3.05) is 0 Å². The number of hydrogen-bond acceptors (Lipinski definition) is 1. The van der Waals surface area contributed by atoms with Crippen LogP contribution in [0.4, 0.5) is 0 Å². The normalized spacial score (nSPS) is 13.0. The summed E-state index contributed by atoms with van der Waals surface area (Å²) < 4.78 is 7.40. The Morgan fingerprint density at radius 2 is 0.569 bits per heavy atom. The van der Waals surface area contributed by atoms with Crippen molar-refractivity contribution < 1.29 is 4.12 Å². The topological polar surface area (TPSA) is 9.23 Å². The van der Waals surface area contributed by atoms with Gasteiger partial charge in [-0.05, 0) is 80.8 Å². The molecule has 0 spiro atoms. The zero-order valence-corrected chi connectivity index (χ0v) is 53.7. The fraction of sp³-hybridized carbons (Fsp3) is 0.308. The van der Waals surface area contributed by atoms with Gasteiger partial charge in [0.25, 0.3) is 16.6 Å². The molecule has 0 unspecified atom stereocenters. The highest BCUT2D eigenvalue weighted by atomic mass is 80.0. The van der Waals surface area contributed by atoms with Gasteiger partial charge in [0, 0.05) is 0 Å². The standard InChI is InChI=1S/C52H52Br10OSi2/c53-49(54,51(57,58)59)39-23-3-1-9-25-41-27-19-21-37-47(41)64(43-29-11-5-12-30-43,44-31-13-6-14-32-44)63-65(45-33-15-7-16-34-45,46-35-17-8-18-36-46)48-38-22-20-28-42(48)26-10-2-4-24-40-50(55,56)52(60,61)62/h5-8,11-22,27-38H,1-4,9-10,23-26,39-40H2. The predicted octanol–water partition coefficient (Wildman–Crippen LogP) is 16.0. The number of alkyl halides is 10. The molecule has 0 radical (unpaired) electrons. The second-order valence-electron chi connectivity index (χ2n) is 16.5. The Bertz CT molecular complexity index is 2110. The quantitative estimate of drug-likeness (QED) is 0.0285. The number of halogens is 10. The lowest BCUT2D eigenvalue weighted by molar-refractivity contribution is 0.593. The van der Waals surface area contributed by atoms with E-state index < -0.39 is 20.9 Å². The molecular weight excluding hydrogens is 1500 g/mol. The summed E-state index contributed by atoms with van der Waals surface area (Å²) >= 11 is 37.7. The van der Waals surface area contributed by atoms with Gasteiger partial charge in [-0.15, -0.1) is 0 Å². The van der Waals surface area contributed by atoms with Crippen molar-refractivity contribution in [3.63, 3.8) is 0 Å². The van der Waals surface area contributed by atoms with Crippen LogP contribution < -0.4 is 31.1 Å². The van der Waals surface area contributed by atoms with Gasteiger partial charge in [-0.3, -0.25) is 0 Å². The zero-order valence-electron chi connectivity index (χ0n) is 35.8. The third-order valence-corrected chi connectivity index (χ3v) is 36.0. The van der Waals surface area contributed by atoms with Crippen molar-refractivity contribution in [1.82, 2.24) is 0 Å². The minimum Gasteiger partial charge on any atom is -0.435 e. The van der Waals surface area contributed by atoms with E-state index in [9.17, 15) is 0 Å². The first kappa shape index (κ1) is 54.8. The predicted molar refractivity (Wildman–Crippen MR) is 323 cm³/mol. The molecule has 0 aliphatic rings. The highest BCUT2D eigenvalue weighted by Crippen LogP contribution is 2.56. The lowest BCUT2D eigenvalue weighted by Crippen LogP contribution is -2.81. The van der Waals surface area contributed by atoms with E-state index in [4.69, 9.17) is 4.12 Å². The van der Waals surface area contributed by atoms with Crippen LogP contribution >= 0.6 is 159 Å². The summed E-state index contributed by atoms with van der Waals surface area (Å²) in [7, 11) is -6.73. The SMILES string of the molecule is BrC(Br)(Br)C(Br)(Br)CCCCCCc1ccccc1[Si](O[Si](c1ccccc1)(c1ccccc1)c1ccccc1CCCCCCC(Br)(Br)C(Br)(Br)Br)(c1ccccc1)c1ccccc1. The van der Waals surface area contributed by atoms with Gasteiger partial charge in [-0.1, -0.05) is 368 Å². The van der Waals surface area contributed by atoms with Crippen LogP contribution in [0.15, 0.2) is 170 Å². The molecule has 0 saturated heterocycles. The summed E-state index contributed by atoms with van der Waals surface area (Å²) in [5, 5.41) is 7.67. The molecule has 6 aromatic carbocycles. The maximum Gasteiger partial charge on any atom is 0.279 e. The van der Waals surface area contributed by atoms with Crippen LogP contribution in [0.25, 0.3) is 0 Å². The number of aryl methyl sites for hydroxylation is 2. The molecule has 6 aromatic rings. The Hall–Kier alpha value is 0.514. The molecule has 0 fully saturated rings. The molecule has 0 amide bonds. The van der Waals surface area contributed by atoms with Gasteiger partial charge < -0.3 is 4.12 Å². The molecule has 0 aromatic heterocycles. The van der Waals surface area contributed by atoms with Gasteiger partial charge in [-0.25, -0.2) is 0 Å². The Labute approximate surface area is 473 Å². The van der Waals surface area contributed by atoms with Crippen LogP contribution in [-0.2, 0) is 17.0 Å². The van der Waals surface area contributed by atoms with E-state index >= 15 is 0 Å². The van der Waals surface area contributed by atoms with Gasteiger partial charge >= 0.3 is 0 Å².